The summed E-state index contributed by atoms with van der Waals surface area (Å²) in [6.45, 7) is 5.31. The van der Waals surface area contributed by atoms with Crippen LogP contribution in [0.25, 0.3) is 21.0 Å². The third kappa shape index (κ3) is 3.76. The van der Waals surface area contributed by atoms with Crippen LogP contribution in [0.3, 0.4) is 0 Å². The number of Topliss-reactive ketones (excluding diaryl/α,β-unsaturated/α-hetero) is 1. The Balaban J connectivity index is 1.85. The lowest BCUT2D eigenvalue weighted by Gasteiger charge is -2.12. The van der Waals surface area contributed by atoms with E-state index in [0.29, 0.717) is 36.5 Å². The van der Waals surface area contributed by atoms with Crippen LogP contribution in [0.5, 0.6) is 5.75 Å². The normalized spacial score (nSPS) is 11.3. The van der Waals surface area contributed by atoms with E-state index in [1.165, 1.54) is 0 Å². The van der Waals surface area contributed by atoms with Gasteiger partial charge in [0.2, 0.25) is 0 Å². The number of benzene rings is 2. The largest absolute Gasteiger partial charge is 0.489 e. The van der Waals surface area contributed by atoms with Crippen molar-refractivity contribution in [3.8, 4) is 5.75 Å². The topological polar surface area (TPSA) is 57.5 Å². The van der Waals surface area contributed by atoms with Gasteiger partial charge in [-0.1, -0.05) is 48.5 Å². The first-order valence-electron chi connectivity index (χ1n) is 9.95. The van der Waals surface area contributed by atoms with Crippen molar-refractivity contribution < 1.29 is 14.3 Å². The van der Waals surface area contributed by atoms with Gasteiger partial charge in [0.1, 0.15) is 17.7 Å². The molecule has 4 rings (SSSR count). The zero-order valence-electron chi connectivity index (χ0n) is 17.0. The first-order valence-corrected chi connectivity index (χ1v) is 10.8. The second-order valence-electron chi connectivity index (χ2n) is 6.93. The number of ketones is 1. The molecule has 30 heavy (non-hydrogen) atoms. The summed E-state index contributed by atoms with van der Waals surface area (Å²) in [6, 6.07) is 16.8. The Hall–Kier alpha value is -2.96. The second kappa shape index (κ2) is 8.81. The SMILES string of the molecule is CCOCCOc1c(C)sc2c1c(=O)n(CC(=O)c1ccccc1)c1ccccc21. The maximum absolute atomic E-state index is 13.5. The van der Waals surface area contributed by atoms with Gasteiger partial charge in [-0.05, 0) is 19.9 Å². The molecule has 0 spiro atoms. The number of hydrogen-bond acceptors (Lipinski definition) is 5. The van der Waals surface area contributed by atoms with E-state index in [2.05, 4.69) is 0 Å². The van der Waals surface area contributed by atoms with E-state index >= 15 is 0 Å². The van der Waals surface area contributed by atoms with Crippen LogP contribution in [0.4, 0.5) is 0 Å². The summed E-state index contributed by atoms with van der Waals surface area (Å²) in [5, 5.41) is 1.48. The predicted molar refractivity (Wildman–Crippen MR) is 121 cm³/mol. The highest BCUT2D eigenvalue weighted by molar-refractivity contribution is 7.20. The van der Waals surface area contributed by atoms with Crippen molar-refractivity contribution >= 4 is 38.1 Å². The minimum atomic E-state index is -0.205. The molecule has 6 heteroatoms. The number of para-hydroxylation sites is 1. The highest BCUT2D eigenvalue weighted by Gasteiger charge is 2.21. The molecular weight excluding hydrogens is 398 g/mol. The summed E-state index contributed by atoms with van der Waals surface area (Å²) in [6.07, 6.45) is 0. The molecule has 0 bridgehead atoms. The molecular formula is C24H23NO4S. The molecule has 0 N–H and O–H groups in total. The van der Waals surface area contributed by atoms with Crippen LogP contribution < -0.4 is 10.3 Å². The predicted octanol–water partition coefficient (Wildman–Crippen LogP) is 4.82. The Bertz CT molecular complexity index is 1260. The molecule has 0 amide bonds. The number of ether oxygens (including phenoxy) is 2. The van der Waals surface area contributed by atoms with Crippen LogP contribution in [0.1, 0.15) is 22.2 Å². The van der Waals surface area contributed by atoms with Crippen LogP contribution in [0, 0.1) is 6.92 Å². The van der Waals surface area contributed by atoms with E-state index in [-0.39, 0.29) is 17.9 Å². The lowest BCUT2D eigenvalue weighted by Crippen LogP contribution is -2.25. The fourth-order valence-corrected chi connectivity index (χ4v) is 4.72. The van der Waals surface area contributed by atoms with Gasteiger partial charge in [-0.2, -0.15) is 0 Å². The van der Waals surface area contributed by atoms with E-state index < -0.39 is 0 Å². The van der Waals surface area contributed by atoms with E-state index in [4.69, 9.17) is 9.47 Å². The molecule has 0 radical (unpaired) electrons. The summed E-state index contributed by atoms with van der Waals surface area (Å²) < 4.78 is 13.8. The molecule has 0 aliphatic rings. The Morgan fingerprint density at radius 3 is 2.53 bits per heavy atom. The van der Waals surface area contributed by atoms with Crippen molar-refractivity contribution in [1.82, 2.24) is 4.57 Å². The van der Waals surface area contributed by atoms with Crippen LogP contribution in [0.2, 0.25) is 0 Å². The zero-order valence-corrected chi connectivity index (χ0v) is 17.8. The number of rotatable bonds is 8. The number of fused-ring (bicyclic) bond motifs is 3. The summed E-state index contributed by atoms with van der Waals surface area (Å²) in [4.78, 5) is 27.4. The summed E-state index contributed by atoms with van der Waals surface area (Å²) in [5.41, 5.74) is 1.13. The van der Waals surface area contributed by atoms with Crippen molar-refractivity contribution in [3.05, 3.63) is 75.4 Å². The number of thiophene rings is 1. The molecule has 0 aliphatic heterocycles. The average molecular weight is 422 g/mol. The number of hydrogen-bond donors (Lipinski definition) is 0. The molecule has 0 saturated heterocycles. The van der Waals surface area contributed by atoms with Crippen molar-refractivity contribution in [3.63, 3.8) is 0 Å². The molecule has 2 heterocycles. The molecule has 0 saturated carbocycles. The molecule has 2 aromatic carbocycles. The van der Waals surface area contributed by atoms with Crippen LogP contribution in [-0.2, 0) is 11.3 Å². The first-order chi connectivity index (χ1) is 14.6. The summed E-state index contributed by atoms with van der Waals surface area (Å²) >= 11 is 1.55. The zero-order chi connectivity index (χ0) is 21.1. The minimum absolute atomic E-state index is 0.0212. The van der Waals surface area contributed by atoms with E-state index in [0.717, 1.165) is 20.5 Å². The Labute approximate surface area is 178 Å². The molecule has 0 unspecified atom stereocenters. The van der Waals surface area contributed by atoms with Crippen LogP contribution in [-0.4, -0.2) is 30.2 Å². The highest BCUT2D eigenvalue weighted by Crippen LogP contribution is 2.39. The van der Waals surface area contributed by atoms with Gasteiger partial charge in [0, 0.05) is 22.4 Å². The standard InChI is InChI=1S/C24H23NO4S/c1-3-28-13-14-29-22-16(2)30-23-18-11-7-8-12-19(18)25(24(27)21(22)23)15-20(26)17-9-5-4-6-10-17/h4-12H,3,13-15H2,1-2H3. The maximum atomic E-state index is 13.5. The van der Waals surface area contributed by atoms with Crippen molar-refractivity contribution in [2.45, 2.75) is 20.4 Å². The first kappa shape index (κ1) is 20.3. The molecule has 0 atom stereocenters. The fraction of sp³-hybridized carbons (Fsp3) is 0.250. The molecule has 2 aromatic heterocycles. The van der Waals surface area contributed by atoms with Crippen LogP contribution in [0.15, 0.2) is 59.4 Å². The van der Waals surface area contributed by atoms with Crippen molar-refractivity contribution in [2.24, 2.45) is 0 Å². The quantitative estimate of drug-likeness (QED) is 0.302. The van der Waals surface area contributed by atoms with Crippen LogP contribution >= 0.6 is 11.3 Å². The minimum Gasteiger partial charge on any atom is -0.489 e. The Morgan fingerprint density at radius 2 is 1.77 bits per heavy atom. The smallest absolute Gasteiger partial charge is 0.263 e. The van der Waals surface area contributed by atoms with Gasteiger partial charge in [0.15, 0.2) is 5.78 Å². The lowest BCUT2D eigenvalue weighted by atomic mass is 10.1. The van der Waals surface area contributed by atoms with Gasteiger partial charge in [-0.25, -0.2) is 0 Å². The highest BCUT2D eigenvalue weighted by atomic mass is 32.1. The molecule has 0 fully saturated rings. The fourth-order valence-electron chi connectivity index (χ4n) is 3.60. The van der Waals surface area contributed by atoms with Crippen molar-refractivity contribution in [2.75, 3.05) is 19.8 Å². The van der Waals surface area contributed by atoms with Gasteiger partial charge >= 0.3 is 0 Å². The van der Waals surface area contributed by atoms with Gasteiger partial charge in [-0.15, -0.1) is 11.3 Å². The van der Waals surface area contributed by atoms with E-state index in [9.17, 15) is 9.59 Å². The number of carbonyl (C=O) groups excluding carboxylic acids is 1. The molecule has 5 nitrogen and oxygen atoms in total. The van der Waals surface area contributed by atoms with E-state index in [1.807, 2.05) is 56.3 Å². The van der Waals surface area contributed by atoms with Gasteiger partial charge in [-0.3, -0.25) is 14.2 Å². The third-order valence-electron chi connectivity index (χ3n) is 5.00. The number of carbonyl (C=O) groups is 1. The number of pyridine rings is 1. The lowest BCUT2D eigenvalue weighted by molar-refractivity contribution is 0.0972. The number of aryl methyl sites for hydroxylation is 1. The Kier molecular flexibility index (Phi) is 5.97. The number of nitrogens with zero attached hydrogens (tertiary/aromatic N) is 1. The third-order valence-corrected chi connectivity index (χ3v) is 6.12. The monoisotopic (exact) mass is 421 g/mol. The second-order valence-corrected chi connectivity index (χ2v) is 8.16. The maximum Gasteiger partial charge on any atom is 0.263 e. The van der Waals surface area contributed by atoms with Crippen molar-refractivity contribution in [1.29, 1.82) is 0 Å². The summed E-state index contributed by atoms with van der Waals surface area (Å²) in [7, 11) is 0. The average Bonchev–Trinajstić information content (AvgIpc) is 3.11. The molecule has 4 aromatic rings. The van der Waals surface area contributed by atoms with Gasteiger partial charge in [0.25, 0.3) is 5.56 Å². The number of aromatic nitrogens is 1. The molecule has 154 valence electrons. The van der Waals surface area contributed by atoms with Gasteiger partial charge < -0.3 is 9.47 Å². The summed E-state index contributed by atoms with van der Waals surface area (Å²) in [5.74, 6) is 0.485. The van der Waals surface area contributed by atoms with E-state index in [1.54, 1.807) is 28.0 Å². The van der Waals surface area contributed by atoms with Gasteiger partial charge in [0.05, 0.1) is 23.4 Å². The molecule has 0 aliphatic carbocycles. The Morgan fingerprint density at radius 1 is 1.03 bits per heavy atom.